The highest BCUT2D eigenvalue weighted by Crippen LogP contribution is 2.17. The molecular formula is C13H17N5O2S. The molecule has 0 radical (unpaired) electrons. The highest BCUT2D eigenvalue weighted by atomic mass is 32.2. The molecule has 0 spiro atoms. The molecule has 0 fully saturated rings. The van der Waals surface area contributed by atoms with Crippen LogP contribution in [0.1, 0.15) is 18.1 Å². The minimum absolute atomic E-state index is 0.0497. The quantitative estimate of drug-likeness (QED) is 0.829. The summed E-state index contributed by atoms with van der Waals surface area (Å²) in [7, 11) is -3.72. The lowest BCUT2D eigenvalue weighted by atomic mass is 10.1. The van der Waals surface area contributed by atoms with Gasteiger partial charge in [-0.25, -0.2) is 18.1 Å². The summed E-state index contributed by atoms with van der Waals surface area (Å²) in [6, 6.07) is 4.99. The van der Waals surface area contributed by atoms with E-state index >= 15 is 0 Å². The molecule has 1 aromatic carbocycles. The van der Waals surface area contributed by atoms with Crippen molar-refractivity contribution in [3.05, 3.63) is 41.7 Å². The Bertz CT molecular complexity index is 704. The number of hydrogen-bond acceptors (Lipinski definition) is 6. The molecule has 2 rings (SSSR count). The number of anilines is 1. The molecule has 2 aromatic rings. The predicted molar refractivity (Wildman–Crippen MR) is 79.2 cm³/mol. The third kappa shape index (κ3) is 3.96. The Balaban J connectivity index is 2.27. The Labute approximate surface area is 123 Å². The van der Waals surface area contributed by atoms with Crippen molar-refractivity contribution >= 4 is 16.0 Å². The van der Waals surface area contributed by atoms with Crippen molar-refractivity contribution in [1.82, 2.24) is 20.5 Å². The van der Waals surface area contributed by atoms with Gasteiger partial charge in [-0.05, 0) is 36.7 Å². The number of nitrogens with one attached hydrogen (secondary N) is 2. The van der Waals surface area contributed by atoms with Crippen LogP contribution in [0.4, 0.5) is 5.95 Å². The van der Waals surface area contributed by atoms with E-state index in [0.29, 0.717) is 6.54 Å². The molecule has 0 saturated carbocycles. The van der Waals surface area contributed by atoms with E-state index in [4.69, 9.17) is 0 Å². The lowest BCUT2D eigenvalue weighted by Crippen LogP contribution is -2.17. The molecule has 0 saturated heterocycles. The first-order valence-corrected chi connectivity index (χ1v) is 7.98. The molecule has 0 unspecified atom stereocenters. The van der Waals surface area contributed by atoms with Gasteiger partial charge in [0.15, 0.2) is 0 Å². The van der Waals surface area contributed by atoms with E-state index in [1.165, 1.54) is 12.4 Å². The van der Waals surface area contributed by atoms with Crippen LogP contribution in [0.5, 0.6) is 0 Å². The largest absolute Gasteiger partial charge is 0.313 e. The molecule has 2 N–H and O–H groups in total. The Morgan fingerprint density at radius 1 is 1.24 bits per heavy atom. The smallest absolute Gasteiger partial charge is 0.264 e. The number of rotatable bonds is 6. The molecule has 1 aromatic heterocycles. The molecule has 0 aliphatic rings. The van der Waals surface area contributed by atoms with Crippen LogP contribution in [0.15, 0.2) is 35.5 Å². The van der Waals surface area contributed by atoms with Crippen molar-refractivity contribution in [3.8, 4) is 0 Å². The van der Waals surface area contributed by atoms with E-state index in [1.807, 2.05) is 13.8 Å². The van der Waals surface area contributed by atoms with Crippen LogP contribution in [-0.4, -0.2) is 30.1 Å². The Morgan fingerprint density at radius 3 is 2.71 bits per heavy atom. The molecule has 7 nitrogen and oxygen atoms in total. The molecule has 0 aliphatic carbocycles. The summed E-state index contributed by atoms with van der Waals surface area (Å²) in [4.78, 5) is 3.98. The summed E-state index contributed by atoms with van der Waals surface area (Å²) < 4.78 is 26.9. The van der Waals surface area contributed by atoms with Gasteiger partial charge in [-0.2, -0.15) is 5.10 Å². The van der Waals surface area contributed by atoms with E-state index in [-0.39, 0.29) is 10.8 Å². The lowest BCUT2D eigenvalue weighted by Gasteiger charge is -2.10. The molecule has 0 atom stereocenters. The summed E-state index contributed by atoms with van der Waals surface area (Å²) in [6.07, 6.45) is 2.74. The number of hydrogen-bond donors (Lipinski definition) is 2. The number of nitrogens with zero attached hydrogens (tertiary/aromatic N) is 3. The first-order valence-electron chi connectivity index (χ1n) is 6.49. The fourth-order valence-electron chi connectivity index (χ4n) is 1.74. The highest BCUT2D eigenvalue weighted by molar-refractivity contribution is 7.92. The second kappa shape index (κ2) is 6.59. The van der Waals surface area contributed by atoms with Crippen LogP contribution in [0.25, 0.3) is 0 Å². The van der Waals surface area contributed by atoms with E-state index in [0.717, 1.165) is 17.7 Å². The summed E-state index contributed by atoms with van der Waals surface area (Å²) in [6.45, 7) is 5.38. The van der Waals surface area contributed by atoms with Crippen molar-refractivity contribution in [2.24, 2.45) is 0 Å². The SMILES string of the molecule is CCNCc1cc(S(=O)(=O)Nc2nccnn2)ccc1C. The highest BCUT2D eigenvalue weighted by Gasteiger charge is 2.16. The first-order chi connectivity index (χ1) is 10.0. The molecule has 8 heteroatoms. The van der Waals surface area contributed by atoms with Crippen molar-refractivity contribution in [3.63, 3.8) is 0 Å². The topological polar surface area (TPSA) is 96.9 Å². The van der Waals surface area contributed by atoms with Crippen LogP contribution in [-0.2, 0) is 16.6 Å². The van der Waals surface area contributed by atoms with Crippen LogP contribution < -0.4 is 10.0 Å². The molecule has 0 bridgehead atoms. The summed E-state index contributed by atoms with van der Waals surface area (Å²) in [5.74, 6) is -0.0497. The minimum Gasteiger partial charge on any atom is -0.313 e. The standard InChI is InChI=1S/C13H17N5O2S/c1-3-14-9-11-8-12(5-4-10(11)2)21(19,20)18-13-15-6-7-16-17-13/h4-8,14H,3,9H2,1-2H3,(H,15,17,18). The van der Waals surface area contributed by atoms with Crippen LogP contribution in [0.3, 0.4) is 0 Å². The first kappa shape index (κ1) is 15.3. The van der Waals surface area contributed by atoms with Crippen molar-refractivity contribution in [1.29, 1.82) is 0 Å². The molecule has 21 heavy (non-hydrogen) atoms. The van der Waals surface area contributed by atoms with Gasteiger partial charge in [-0.1, -0.05) is 13.0 Å². The minimum atomic E-state index is -3.72. The second-order valence-corrected chi connectivity index (χ2v) is 6.12. The van der Waals surface area contributed by atoms with Crippen LogP contribution >= 0.6 is 0 Å². The van der Waals surface area contributed by atoms with Gasteiger partial charge >= 0.3 is 0 Å². The maximum absolute atomic E-state index is 12.3. The predicted octanol–water partition coefficient (Wildman–Crippen LogP) is 1.09. The summed E-state index contributed by atoms with van der Waals surface area (Å²) in [5, 5.41) is 10.4. The molecule has 112 valence electrons. The van der Waals surface area contributed by atoms with Gasteiger partial charge < -0.3 is 5.32 Å². The fourth-order valence-corrected chi connectivity index (χ4v) is 2.73. The second-order valence-electron chi connectivity index (χ2n) is 4.44. The van der Waals surface area contributed by atoms with Gasteiger partial charge in [0.25, 0.3) is 16.0 Å². The third-order valence-electron chi connectivity index (χ3n) is 2.90. The Hall–Kier alpha value is -2.06. The molecular weight excluding hydrogens is 290 g/mol. The average Bonchev–Trinajstić information content (AvgIpc) is 2.47. The van der Waals surface area contributed by atoms with Crippen molar-refractivity contribution in [2.45, 2.75) is 25.3 Å². The van der Waals surface area contributed by atoms with Gasteiger partial charge in [0.2, 0.25) is 0 Å². The zero-order chi connectivity index (χ0) is 15.3. The van der Waals surface area contributed by atoms with Crippen molar-refractivity contribution in [2.75, 3.05) is 11.3 Å². The van der Waals surface area contributed by atoms with Gasteiger partial charge in [0.05, 0.1) is 17.3 Å². The van der Waals surface area contributed by atoms with Gasteiger partial charge in [-0.3, -0.25) is 0 Å². The maximum atomic E-state index is 12.3. The van der Waals surface area contributed by atoms with Crippen LogP contribution in [0.2, 0.25) is 0 Å². The average molecular weight is 307 g/mol. The van der Waals surface area contributed by atoms with Gasteiger partial charge in [0, 0.05) is 6.54 Å². The third-order valence-corrected chi connectivity index (χ3v) is 4.23. The van der Waals surface area contributed by atoms with E-state index < -0.39 is 10.0 Å². The molecule has 0 aliphatic heterocycles. The number of aryl methyl sites for hydroxylation is 1. The van der Waals surface area contributed by atoms with E-state index in [2.05, 4.69) is 25.2 Å². The zero-order valence-corrected chi connectivity index (χ0v) is 12.7. The number of aromatic nitrogens is 3. The van der Waals surface area contributed by atoms with Crippen LogP contribution in [0, 0.1) is 6.92 Å². The summed E-state index contributed by atoms with van der Waals surface area (Å²) >= 11 is 0. The Kier molecular flexibility index (Phi) is 4.81. The van der Waals surface area contributed by atoms with E-state index in [1.54, 1.807) is 18.2 Å². The zero-order valence-electron chi connectivity index (χ0n) is 11.9. The number of sulfonamides is 1. The fraction of sp³-hybridized carbons (Fsp3) is 0.308. The van der Waals surface area contributed by atoms with Gasteiger partial charge in [-0.15, -0.1) is 5.10 Å². The molecule has 0 amide bonds. The summed E-state index contributed by atoms with van der Waals surface area (Å²) in [5.41, 5.74) is 1.97. The number of benzene rings is 1. The lowest BCUT2D eigenvalue weighted by molar-refractivity contribution is 0.600. The maximum Gasteiger partial charge on any atom is 0.264 e. The van der Waals surface area contributed by atoms with Gasteiger partial charge in [0.1, 0.15) is 0 Å². The van der Waals surface area contributed by atoms with Crippen molar-refractivity contribution < 1.29 is 8.42 Å². The monoisotopic (exact) mass is 307 g/mol. The normalized spacial score (nSPS) is 11.3. The molecule has 1 heterocycles. The van der Waals surface area contributed by atoms with E-state index in [9.17, 15) is 8.42 Å². The Morgan fingerprint density at radius 2 is 2.05 bits per heavy atom.